The monoisotopic (exact) mass is 299 g/mol. The molecule has 1 N–H and O–H groups in total. The second-order valence-electron chi connectivity index (χ2n) is 2.84. The van der Waals surface area contributed by atoms with E-state index in [1.54, 1.807) is 0 Å². The Morgan fingerprint density at radius 2 is 2.13 bits per heavy atom. The molecule has 0 aliphatic heterocycles. The summed E-state index contributed by atoms with van der Waals surface area (Å²) in [6.07, 6.45) is 0.351. The van der Waals surface area contributed by atoms with E-state index in [1.165, 1.54) is 7.11 Å². The van der Waals surface area contributed by atoms with Crippen molar-refractivity contribution >= 4 is 31.9 Å². The highest BCUT2D eigenvalue weighted by Gasteiger charge is 2.11. The van der Waals surface area contributed by atoms with E-state index >= 15 is 0 Å². The van der Waals surface area contributed by atoms with Crippen molar-refractivity contribution in [3.8, 4) is 0 Å². The summed E-state index contributed by atoms with van der Waals surface area (Å²) in [6, 6.07) is 0. The molecule has 0 aromatic carbocycles. The average Bonchev–Trinajstić information content (AvgIpc) is 2.14. The lowest BCUT2D eigenvalue weighted by molar-refractivity contribution is -0.140. The van der Waals surface area contributed by atoms with E-state index in [4.69, 9.17) is 0 Å². The molecular formula is C8H14BrNO4S. The number of nitrogens with one attached hydrogen (secondary N) is 1. The standard InChI is InChI=1S/C8H14BrNO4S/c1-7(9)6-10-15(12,13)5-3-4-8(11)14-2/h10H,1,3-6H2,2H3. The van der Waals surface area contributed by atoms with Gasteiger partial charge in [-0.15, -0.1) is 0 Å². The predicted octanol–water partition coefficient (Wildman–Crippen LogP) is 0.768. The molecule has 0 unspecified atom stereocenters. The molecule has 0 spiro atoms. The summed E-state index contributed by atoms with van der Waals surface area (Å²) in [5, 5.41) is 0. The third-order valence-electron chi connectivity index (χ3n) is 1.51. The summed E-state index contributed by atoms with van der Waals surface area (Å²) in [5.74, 6) is -0.502. The zero-order valence-electron chi connectivity index (χ0n) is 8.45. The van der Waals surface area contributed by atoms with Gasteiger partial charge in [0.05, 0.1) is 12.9 Å². The van der Waals surface area contributed by atoms with Crippen molar-refractivity contribution in [2.75, 3.05) is 19.4 Å². The lowest BCUT2D eigenvalue weighted by Gasteiger charge is -2.04. The van der Waals surface area contributed by atoms with Crippen molar-refractivity contribution in [3.05, 3.63) is 11.1 Å². The minimum absolute atomic E-state index is 0.0949. The quantitative estimate of drug-likeness (QED) is 0.705. The second-order valence-corrected chi connectivity index (χ2v) is 5.88. The zero-order chi connectivity index (χ0) is 11.9. The molecule has 0 amide bonds. The Bertz CT molecular complexity index is 326. The van der Waals surface area contributed by atoms with Gasteiger partial charge in [-0.05, 0) is 6.42 Å². The summed E-state index contributed by atoms with van der Waals surface area (Å²) in [7, 11) is -2.06. The van der Waals surface area contributed by atoms with Crippen molar-refractivity contribution in [2.24, 2.45) is 0 Å². The van der Waals surface area contributed by atoms with E-state index in [9.17, 15) is 13.2 Å². The van der Waals surface area contributed by atoms with Gasteiger partial charge in [0.15, 0.2) is 0 Å². The van der Waals surface area contributed by atoms with Crippen LogP contribution in [-0.4, -0.2) is 33.8 Å². The highest BCUT2D eigenvalue weighted by Crippen LogP contribution is 2.00. The van der Waals surface area contributed by atoms with Crippen molar-refractivity contribution in [1.82, 2.24) is 4.72 Å². The number of hydrogen-bond donors (Lipinski definition) is 1. The minimum Gasteiger partial charge on any atom is -0.469 e. The van der Waals surface area contributed by atoms with Crippen LogP contribution in [0.4, 0.5) is 0 Å². The number of esters is 1. The van der Waals surface area contributed by atoms with Gasteiger partial charge in [-0.25, -0.2) is 13.1 Å². The molecular weight excluding hydrogens is 286 g/mol. The van der Waals surface area contributed by atoms with Crippen LogP contribution in [0.15, 0.2) is 11.1 Å². The molecule has 0 atom stereocenters. The smallest absolute Gasteiger partial charge is 0.305 e. The van der Waals surface area contributed by atoms with Gasteiger partial charge in [0, 0.05) is 17.4 Å². The largest absolute Gasteiger partial charge is 0.469 e. The maximum Gasteiger partial charge on any atom is 0.305 e. The fourth-order valence-corrected chi connectivity index (χ4v) is 2.16. The van der Waals surface area contributed by atoms with Crippen LogP contribution in [0.3, 0.4) is 0 Å². The summed E-state index contributed by atoms with van der Waals surface area (Å²) < 4.78 is 29.8. The average molecular weight is 300 g/mol. The van der Waals surface area contributed by atoms with E-state index in [0.29, 0.717) is 4.48 Å². The predicted molar refractivity (Wildman–Crippen MR) is 61.1 cm³/mol. The molecule has 0 aliphatic carbocycles. The second kappa shape index (κ2) is 6.97. The maximum atomic E-state index is 11.3. The third-order valence-corrected chi connectivity index (χ3v) is 3.20. The van der Waals surface area contributed by atoms with Gasteiger partial charge < -0.3 is 4.74 Å². The molecule has 0 saturated heterocycles. The minimum atomic E-state index is -3.33. The van der Waals surface area contributed by atoms with Gasteiger partial charge in [-0.2, -0.15) is 0 Å². The topological polar surface area (TPSA) is 72.5 Å². The number of hydrogen-bond acceptors (Lipinski definition) is 4. The summed E-state index contributed by atoms with van der Waals surface area (Å²) in [5.41, 5.74) is 0. The maximum absolute atomic E-state index is 11.3. The molecule has 0 radical (unpaired) electrons. The molecule has 0 fully saturated rings. The van der Waals surface area contributed by atoms with Gasteiger partial charge in [0.1, 0.15) is 0 Å². The van der Waals surface area contributed by atoms with E-state index in [1.807, 2.05) is 0 Å². The first-order valence-electron chi connectivity index (χ1n) is 4.25. The zero-order valence-corrected chi connectivity index (χ0v) is 10.9. The first-order valence-corrected chi connectivity index (χ1v) is 6.69. The number of methoxy groups -OCH3 is 1. The van der Waals surface area contributed by atoms with Crippen LogP contribution in [0.2, 0.25) is 0 Å². The Labute approximate surface area is 98.1 Å². The molecule has 15 heavy (non-hydrogen) atoms. The summed E-state index contributed by atoms with van der Waals surface area (Å²) >= 11 is 3.03. The Kier molecular flexibility index (Phi) is 6.78. The Morgan fingerprint density at radius 3 is 2.60 bits per heavy atom. The van der Waals surface area contributed by atoms with Crippen LogP contribution in [0.1, 0.15) is 12.8 Å². The van der Waals surface area contributed by atoms with Crippen LogP contribution in [0, 0.1) is 0 Å². The van der Waals surface area contributed by atoms with Crippen molar-refractivity contribution in [1.29, 1.82) is 0 Å². The highest BCUT2D eigenvalue weighted by molar-refractivity contribution is 9.11. The van der Waals surface area contributed by atoms with Crippen LogP contribution in [-0.2, 0) is 19.6 Å². The van der Waals surface area contributed by atoms with Crippen molar-refractivity contribution < 1.29 is 17.9 Å². The van der Waals surface area contributed by atoms with Crippen molar-refractivity contribution in [3.63, 3.8) is 0 Å². The number of ether oxygens (including phenoxy) is 1. The first kappa shape index (κ1) is 14.6. The van der Waals surface area contributed by atoms with Crippen LogP contribution in [0.25, 0.3) is 0 Å². The van der Waals surface area contributed by atoms with E-state index < -0.39 is 16.0 Å². The number of carbonyl (C=O) groups excluding carboxylic acids is 1. The Balaban J connectivity index is 3.84. The molecule has 0 bridgehead atoms. The molecule has 0 saturated carbocycles. The molecule has 0 aromatic heterocycles. The van der Waals surface area contributed by atoms with Crippen molar-refractivity contribution in [2.45, 2.75) is 12.8 Å². The number of carbonyl (C=O) groups is 1. The van der Waals surface area contributed by atoms with E-state index in [-0.39, 0.29) is 25.1 Å². The highest BCUT2D eigenvalue weighted by atomic mass is 79.9. The molecule has 0 aliphatic rings. The molecule has 0 aromatic rings. The molecule has 0 rings (SSSR count). The summed E-state index contributed by atoms with van der Waals surface area (Å²) in [6.45, 7) is 3.65. The Morgan fingerprint density at radius 1 is 1.53 bits per heavy atom. The van der Waals surface area contributed by atoms with Crippen LogP contribution >= 0.6 is 15.9 Å². The van der Waals surface area contributed by atoms with Crippen LogP contribution < -0.4 is 4.72 Å². The molecule has 7 heteroatoms. The lowest BCUT2D eigenvalue weighted by atomic mass is 10.3. The van der Waals surface area contributed by atoms with E-state index in [2.05, 4.69) is 32.0 Å². The van der Waals surface area contributed by atoms with Gasteiger partial charge in [0.25, 0.3) is 0 Å². The first-order chi connectivity index (χ1) is 6.87. The van der Waals surface area contributed by atoms with Gasteiger partial charge in [-0.3, -0.25) is 4.79 Å². The van der Waals surface area contributed by atoms with E-state index in [0.717, 1.165) is 0 Å². The third kappa shape index (κ3) is 8.59. The van der Waals surface area contributed by atoms with Crippen LogP contribution in [0.5, 0.6) is 0 Å². The molecule has 5 nitrogen and oxygen atoms in total. The number of rotatable bonds is 7. The fourth-order valence-electron chi connectivity index (χ4n) is 0.769. The summed E-state index contributed by atoms with van der Waals surface area (Å²) in [4.78, 5) is 10.7. The Hall–Kier alpha value is -0.400. The normalized spacial score (nSPS) is 11.1. The fraction of sp³-hybridized carbons (Fsp3) is 0.625. The van der Waals surface area contributed by atoms with Gasteiger partial charge >= 0.3 is 5.97 Å². The number of sulfonamides is 1. The number of halogens is 1. The lowest BCUT2D eigenvalue weighted by Crippen LogP contribution is -2.27. The molecule has 0 heterocycles. The molecule has 88 valence electrons. The SMILES string of the molecule is C=C(Br)CNS(=O)(=O)CCCC(=O)OC. The van der Waals surface area contributed by atoms with Gasteiger partial charge in [0.2, 0.25) is 10.0 Å². The van der Waals surface area contributed by atoms with Gasteiger partial charge in [-0.1, -0.05) is 22.5 Å².